The number of amides is 2. The molecule has 0 unspecified atom stereocenters. The summed E-state index contributed by atoms with van der Waals surface area (Å²) in [5.41, 5.74) is 1.34. The molecule has 2 amide bonds. The lowest BCUT2D eigenvalue weighted by atomic mass is 10.2. The van der Waals surface area contributed by atoms with E-state index >= 15 is 0 Å². The molecule has 8 heteroatoms. The molecule has 0 atom stereocenters. The highest BCUT2D eigenvalue weighted by molar-refractivity contribution is 8.18. The summed E-state index contributed by atoms with van der Waals surface area (Å²) >= 11 is 0.901. The van der Waals surface area contributed by atoms with E-state index in [1.165, 1.54) is 11.1 Å². The Morgan fingerprint density at radius 3 is 2.82 bits per heavy atom. The first-order chi connectivity index (χ1) is 13.6. The van der Waals surface area contributed by atoms with Crippen molar-refractivity contribution in [2.45, 2.75) is 0 Å². The van der Waals surface area contributed by atoms with Gasteiger partial charge in [0.25, 0.3) is 11.1 Å². The second-order valence-corrected chi connectivity index (χ2v) is 7.03. The number of phenolic OH excluding ortho intramolecular Hbond substituents is 1. The van der Waals surface area contributed by atoms with E-state index in [0.29, 0.717) is 22.0 Å². The van der Waals surface area contributed by atoms with E-state index in [2.05, 4.69) is 4.99 Å². The first-order valence-corrected chi connectivity index (χ1v) is 9.36. The number of benzene rings is 2. The number of nitrogens with zero attached hydrogens (tertiary/aromatic N) is 2. The number of fused-ring (bicyclic) bond motifs is 1. The Balaban J connectivity index is 1.40. The van der Waals surface area contributed by atoms with Crippen molar-refractivity contribution in [3.63, 3.8) is 0 Å². The molecule has 1 N–H and O–H groups in total. The van der Waals surface area contributed by atoms with Gasteiger partial charge in [0.1, 0.15) is 5.75 Å². The van der Waals surface area contributed by atoms with Crippen molar-refractivity contribution in [1.29, 1.82) is 0 Å². The van der Waals surface area contributed by atoms with Crippen LogP contribution in [-0.4, -0.2) is 47.2 Å². The molecular formula is C20H16N2O5S. The molecule has 0 saturated carbocycles. The van der Waals surface area contributed by atoms with Gasteiger partial charge < -0.3 is 14.6 Å². The topological polar surface area (TPSA) is 88.4 Å². The maximum atomic E-state index is 12.5. The second-order valence-electron chi connectivity index (χ2n) is 6.04. The van der Waals surface area contributed by atoms with Gasteiger partial charge in [-0.1, -0.05) is 18.2 Å². The van der Waals surface area contributed by atoms with Gasteiger partial charge in [-0.05, 0) is 47.7 Å². The molecule has 2 heterocycles. The zero-order valence-electron chi connectivity index (χ0n) is 14.7. The number of carbonyl (C=O) groups is 2. The molecule has 2 aromatic rings. The summed E-state index contributed by atoms with van der Waals surface area (Å²) in [5, 5.41) is 9.38. The van der Waals surface area contributed by atoms with Crippen molar-refractivity contribution in [3.8, 4) is 17.2 Å². The van der Waals surface area contributed by atoms with Gasteiger partial charge in [0.15, 0.2) is 11.5 Å². The van der Waals surface area contributed by atoms with Crippen LogP contribution in [0.1, 0.15) is 11.1 Å². The number of rotatable bonds is 5. The molecule has 0 aliphatic carbocycles. The number of aliphatic imine (C=N–C) groups is 1. The molecule has 28 heavy (non-hydrogen) atoms. The molecule has 0 spiro atoms. The van der Waals surface area contributed by atoms with Crippen molar-refractivity contribution < 1.29 is 24.2 Å². The number of imide groups is 1. The van der Waals surface area contributed by atoms with Gasteiger partial charge in [-0.15, -0.1) is 0 Å². The van der Waals surface area contributed by atoms with E-state index < -0.39 is 0 Å². The maximum absolute atomic E-state index is 12.5. The molecule has 2 aliphatic rings. The van der Waals surface area contributed by atoms with Crippen LogP contribution in [0.15, 0.2) is 52.4 Å². The summed E-state index contributed by atoms with van der Waals surface area (Å²) in [7, 11) is 0. The van der Waals surface area contributed by atoms with Crippen molar-refractivity contribution in [2.75, 3.05) is 19.9 Å². The molecule has 0 aromatic heterocycles. The summed E-state index contributed by atoms with van der Waals surface area (Å²) in [6.45, 7) is 0.605. The minimum Gasteiger partial charge on any atom is -0.507 e. The maximum Gasteiger partial charge on any atom is 0.293 e. The van der Waals surface area contributed by atoms with E-state index in [4.69, 9.17) is 9.47 Å². The summed E-state index contributed by atoms with van der Waals surface area (Å²) in [6, 6.07) is 12.2. The van der Waals surface area contributed by atoms with Crippen LogP contribution >= 0.6 is 11.8 Å². The SMILES string of the molecule is O=C1S/C(=C\c2ccc3c(c2)OCO3)C(=O)N1CCN=Cc1ccccc1O. The van der Waals surface area contributed by atoms with Gasteiger partial charge in [0, 0.05) is 18.3 Å². The molecule has 0 radical (unpaired) electrons. The summed E-state index contributed by atoms with van der Waals surface area (Å²) in [5.74, 6) is 1.06. The third kappa shape index (κ3) is 3.72. The Hall–Kier alpha value is -3.26. The Kier molecular flexibility index (Phi) is 5.03. The average molecular weight is 396 g/mol. The highest BCUT2D eigenvalue weighted by atomic mass is 32.2. The van der Waals surface area contributed by atoms with E-state index in [9.17, 15) is 14.7 Å². The number of ether oxygens (including phenoxy) is 2. The van der Waals surface area contributed by atoms with Crippen molar-refractivity contribution in [1.82, 2.24) is 4.90 Å². The first kappa shape index (κ1) is 18.1. The molecule has 142 valence electrons. The normalized spacial score (nSPS) is 17.3. The van der Waals surface area contributed by atoms with E-state index in [-0.39, 0.29) is 36.8 Å². The van der Waals surface area contributed by atoms with Gasteiger partial charge >= 0.3 is 0 Å². The molecule has 2 aromatic carbocycles. The quantitative estimate of drug-likeness (QED) is 0.616. The Morgan fingerprint density at radius 1 is 1.14 bits per heavy atom. The number of phenols is 1. The minimum absolute atomic E-state index is 0.129. The van der Waals surface area contributed by atoms with Gasteiger partial charge in [-0.3, -0.25) is 19.5 Å². The lowest BCUT2D eigenvalue weighted by molar-refractivity contribution is -0.122. The molecular weight excluding hydrogens is 380 g/mol. The third-order valence-corrected chi connectivity index (χ3v) is 5.10. The molecule has 2 aliphatic heterocycles. The van der Waals surface area contributed by atoms with Crippen LogP contribution in [0.3, 0.4) is 0 Å². The molecule has 1 saturated heterocycles. The monoisotopic (exact) mass is 396 g/mol. The molecule has 1 fully saturated rings. The number of aromatic hydroxyl groups is 1. The van der Waals surface area contributed by atoms with Crippen LogP contribution in [0.4, 0.5) is 4.79 Å². The Morgan fingerprint density at radius 2 is 1.96 bits per heavy atom. The molecule has 7 nitrogen and oxygen atoms in total. The predicted molar refractivity (Wildman–Crippen MR) is 106 cm³/mol. The first-order valence-electron chi connectivity index (χ1n) is 8.54. The largest absolute Gasteiger partial charge is 0.507 e. The van der Waals surface area contributed by atoms with E-state index in [1.807, 2.05) is 0 Å². The average Bonchev–Trinajstić information content (AvgIpc) is 3.25. The lowest BCUT2D eigenvalue weighted by Crippen LogP contribution is -2.30. The highest BCUT2D eigenvalue weighted by Crippen LogP contribution is 2.36. The number of hydrogen-bond acceptors (Lipinski definition) is 7. The minimum atomic E-state index is -0.342. The van der Waals surface area contributed by atoms with Gasteiger partial charge in [0.05, 0.1) is 11.4 Å². The fourth-order valence-electron chi connectivity index (χ4n) is 2.76. The van der Waals surface area contributed by atoms with Crippen LogP contribution in [0, 0.1) is 0 Å². The fourth-order valence-corrected chi connectivity index (χ4v) is 3.63. The van der Waals surface area contributed by atoms with Crippen molar-refractivity contribution >= 4 is 35.2 Å². The molecule has 4 rings (SSSR count). The number of hydrogen-bond donors (Lipinski definition) is 1. The zero-order chi connectivity index (χ0) is 19.5. The van der Waals surface area contributed by atoms with Crippen LogP contribution in [-0.2, 0) is 4.79 Å². The summed E-state index contributed by atoms with van der Waals surface area (Å²) in [6.07, 6.45) is 3.19. The smallest absolute Gasteiger partial charge is 0.293 e. The summed E-state index contributed by atoms with van der Waals surface area (Å²) < 4.78 is 10.6. The van der Waals surface area contributed by atoms with Gasteiger partial charge in [-0.2, -0.15) is 0 Å². The van der Waals surface area contributed by atoms with Crippen molar-refractivity contribution in [3.05, 3.63) is 58.5 Å². The Bertz CT molecular complexity index is 1000. The lowest BCUT2D eigenvalue weighted by Gasteiger charge is -2.10. The van der Waals surface area contributed by atoms with Gasteiger partial charge in [-0.25, -0.2) is 0 Å². The van der Waals surface area contributed by atoms with E-state index in [1.54, 1.807) is 48.5 Å². The summed E-state index contributed by atoms with van der Waals surface area (Å²) in [4.78, 5) is 30.4. The number of para-hydroxylation sites is 1. The number of thioether (sulfide) groups is 1. The predicted octanol–water partition coefficient (Wildman–Crippen LogP) is 3.28. The van der Waals surface area contributed by atoms with Crippen molar-refractivity contribution in [2.24, 2.45) is 4.99 Å². The van der Waals surface area contributed by atoms with Crippen LogP contribution < -0.4 is 9.47 Å². The second kappa shape index (κ2) is 7.77. The fraction of sp³-hybridized carbons (Fsp3) is 0.150. The van der Waals surface area contributed by atoms with Crippen LogP contribution in [0.2, 0.25) is 0 Å². The van der Waals surface area contributed by atoms with Gasteiger partial charge in [0.2, 0.25) is 6.79 Å². The van der Waals surface area contributed by atoms with Crippen LogP contribution in [0.5, 0.6) is 17.2 Å². The number of carbonyl (C=O) groups excluding carboxylic acids is 2. The van der Waals surface area contributed by atoms with Crippen LogP contribution in [0.25, 0.3) is 6.08 Å². The zero-order valence-corrected chi connectivity index (χ0v) is 15.5. The highest BCUT2D eigenvalue weighted by Gasteiger charge is 2.34. The Labute approximate surface area is 165 Å². The molecule has 0 bridgehead atoms. The standard InChI is InChI=1S/C20H16N2O5S/c23-15-4-2-1-3-14(15)11-21-7-8-22-19(24)18(28-20(22)25)10-13-5-6-16-17(9-13)27-12-26-16/h1-6,9-11,23H,7-8,12H2/b18-10-,21-11?. The van der Waals surface area contributed by atoms with E-state index in [0.717, 1.165) is 17.3 Å². The third-order valence-electron chi connectivity index (χ3n) is 4.19.